The molecule has 0 fully saturated rings. The zero-order valence-corrected chi connectivity index (χ0v) is 16.8. The number of rotatable bonds is 5. The van der Waals surface area contributed by atoms with E-state index in [4.69, 9.17) is 10.5 Å². The fourth-order valence-corrected chi connectivity index (χ4v) is 3.08. The second kappa shape index (κ2) is 8.48. The Kier molecular flexibility index (Phi) is 5.43. The molecule has 0 unspecified atom stereocenters. The minimum absolute atomic E-state index is 0.237. The second-order valence-corrected chi connectivity index (χ2v) is 6.68. The van der Waals surface area contributed by atoms with Gasteiger partial charge in [0, 0.05) is 23.5 Å². The van der Waals surface area contributed by atoms with Crippen molar-refractivity contribution in [1.29, 1.82) is 0 Å². The van der Waals surface area contributed by atoms with E-state index in [1.54, 1.807) is 13.4 Å². The van der Waals surface area contributed by atoms with Crippen molar-refractivity contribution in [2.24, 2.45) is 10.7 Å². The molecule has 150 valence electrons. The fourth-order valence-electron chi connectivity index (χ4n) is 3.08. The van der Waals surface area contributed by atoms with Crippen LogP contribution in [-0.4, -0.2) is 27.6 Å². The molecular formula is C23H22N6O. The Bertz CT molecular complexity index is 1180. The number of pyridine rings is 1. The van der Waals surface area contributed by atoms with Gasteiger partial charge < -0.3 is 20.4 Å². The van der Waals surface area contributed by atoms with Crippen LogP contribution in [0, 0.1) is 6.92 Å². The number of imidazole rings is 1. The summed E-state index contributed by atoms with van der Waals surface area (Å²) >= 11 is 0. The minimum atomic E-state index is 0.237. The summed E-state index contributed by atoms with van der Waals surface area (Å²) in [5.74, 6) is 1.45. The van der Waals surface area contributed by atoms with Gasteiger partial charge in [0.05, 0.1) is 30.5 Å². The molecule has 7 heteroatoms. The van der Waals surface area contributed by atoms with E-state index in [0.717, 1.165) is 28.3 Å². The second-order valence-electron chi connectivity index (χ2n) is 6.68. The van der Waals surface area contributed by atoms with Crippen LogP contribution >= 0.6 is 0 Å². The van der Waals surface area contributed by atoms with Crippen LogP contribution in [0.2, 0.25) is 0 Å². The SMILES string of the molecule is COc1cc(N/C(N)=N/c2cccc(-c3ccccc3)n2)ccc1-n1cnc(C)c1. The minimum Gasteiger partial charge on any atom is -0.494 e. The van der Waals surface area contributed by atoms with Gasteiger partial charge in [-0.15, -0.1) is 0 Å². The topological polar surface area (TPSA) is 90.4 Å². The lowest BCUT2D eigenvalue weighted by Crippen LogP contribution is -2.22. The number of aliphatic imine (C=N–C) groups is 1. The molecular weight excluding hydrogens is 376 g/mol. The van der Waals surface area contributed by atoms with Gasteiger partial charge in [0.1, 0.15) is 5.75 Å². The van der Waals surface area contributed by atoms with Crippen LogP contribution < -0.4 is 15.8 Å². The normalized spacial score (nSPS) is 11.3. The van der Waals surface area contributed by atoms with Gasteiger partial charge in [0.15, 0.2) is 11.8 Å². The van der Waals surface area contributed by atoms with Gasteiger partial charge in [-0.05, 0) is 31.2 Å². The number of aryl methyl sites for hydroxylation is 1. The van der Waals surface area contributed by atoms with Crippen molar-refractivity contribution in [3.05, 3.63) is 84.9 Å². The number of hydrogen-bond acceptors (Lipinski definition) is 4. The van der Waals surface area contributed by atoms with Crippen molar-refractivity contribution in [3.63, 3.8) is 0 Å². The van der Waals surface area contributed by atoms with Gasteiger partial charge in [0.25, 0.3) is 0 Å². The average molecular weight is 398 g/mol. The van der Waals surface area contributed by atoms with E-state index in [-0.39, 0.29) is 5.96 Å². The first kappa shape index (κ1) is 19.2. The zero-order chi connectivity index (χ0) is 20.9. The summed E-state index contributed by atoms with van der Waals surface area (Å²) in [5.41, 5.74) is 10.6. The highest BCUT2D eigenvalue weighted by Gasteiger charge is 2.08. The lowest BCUT2D eigenvalue weighted by Gasteiger charge is -2.12. The number of aromatic nitrogens is 3. The molecule has 0 bridgehead atoms. The number of hydrogen-bond donors (Lipinski definition) is 2. The van der Waals surface area contributed by atoms with Gasteiger partial charge in [0.2, 0.25) is 0 Å². The quantitative estimate of drug-likeness (QED) is 0.386. The third-order valence-corrected chi connectivity index (χ3v) is 4.48. The van der Waals surface area contributed by atoms with Crippen molar-refractivity contribution in [1.82, 2.24) is 14.5 Å². The molecule has 2 aromatic heterocycles. The smallest absolute Gasteiger partial charge is 0.199 e. The Labute approximate surface area is 174 Å². The molecule has 0 saturated heterocycles. The largest absolute Gasteiger partial charge is 0.494 e. The number of anilines is 1. The molecule has 0 aliphatic carbocycles. The number of nitrogens with zero attached hydrogens (tertiary/aromatic N) is 4. The molecule has 0 aliphatic rings. The van der Waals surface area contributed by atoms with Gasteiger partial charge in [-0.1, -0.05) is 36.4 Å². The Hall–Kier alpha value is -4.13. The molecule has 2 aromatic carbocycles. The van der Waals surface area contributed by atoms with Gasteiger partial charge in [-0.2, -0.15) is 4.99 Å². The maximum atomic E-state index is 6.11. The van der Waals surface area contributed by atoms with E-state index in [0.29, 0.717) is 11.6 Å². The maximum absolute atomic E-state index is 6.11. The number of nitrogens with two attached hydrogens (primary N) is 1. The maximum Gasteiger partial charge on any atom is 0.199 e. The molecule has 4 aromatic rings. The summed E-state index contributed by atoms with van der Waals surface area (Å²) in [6, 6.07) is 21.3. The predicted molar refractivity (Wildman–Crippen MR) is 119 cm³/mol. The van der Waals surface area contributed by atoms with Crippen LogP contribution in [0.1, 0.15) is 5.69 Å². The highest BCUT2D eigenvalue weighted by atomic mass is 16.5. The molecule has 0 atom stereocenters. The molecule has 0 aliphatic heterocycles. The van der Waals surface area contributed by atoms with Crippen molar-refractivity contribution < 1.29 is 4.74 Å². The molecule has 30 heavy (non-hydrogen) atoms. The van der Waals surface area contributed by atoms with Crippen molar-refractivity contribution in [2.75, 3.05) is 12.4 Å². The molecule has 2 heterocycles. The van der Waals surface area contributed by atoms with E-state index < -0.39 is 0 Å². The van der Waals surface area contributed by atoms with Gasteiger partial charge in [-0.3, -0.25) is 0 Å². The Morgan fingerprint density at radius 1 is 1.07 bits per heavy atom. The highest BCUT2D eigenvalue weighted by Crippen LogP contribution is 2.27. The third-order valence-electron chi connectivity index (χ3n) is 4.48. The summed E-state index contributed by atoms with van der Waals surface area (Å²) in [4.78, 5) is 13.2. The standard InChI is InChI=1S/C23H22N6O/c1-16-14-29(15-25-16)20-12-11-18(13-21(20)30-2)26-23(24)28-22-10-6-9-19(27-22)17-7-4-3-5-8-17/h3-15H,1-2H3,(H3,24,26,27,28). The first-order valence-electron chi connectivity index (χ1n) is 9.45. The predicted octanol–water partition coefficient (Wildman–Crippen LogP) is 4.31. The summed E-state index contributed by atoms with van der Waals surface area (Å²) in [7, 11) is 1.63. The zero-order valence-electron chi connectivity index (χ0n) is 16.8. The monoisotopic (exact) mass is 398 g/mol. The molecule has 4 rings (SSSR count). The van der Waals surface area contributed by atoms with Gasteiger partial charge in [-0.25, -0.2) is 9.97 Å². The van der Waals surface area contributed by atoms with Crippen LogP contribution in [0.15, 0.2) is 84.2 Å². The molecule has 7 nitrogen and oxygen atoms in total. The Morgan fingerprint density at radius 2 is 1.90 bits per heavy atom. The number of nitrogens with one attached hydrogen (secondary N) is 1. The molecule has 0 saturated carbocycles. The summed E-state index contributed by atoms with van der Waals surface area (Å²) < 4.78 is 7.44. The molecule has 0 amide bonds. The van der Waals surface area contributed by atoms with Gasteiger partial charge >= 0.3 is 0 Å². The van der Waals surface area contributed by atoms with Crippen molar-refractivity contribution in [3.8, 4) is 22.7 Å². The summed E-state index contributed by atoms with van der Waals surface area (Å²) in [6.45, 7) is 1.94. The molecule has 3 N–H and O–H groups in total. The average Bonchev–Trinajstić information content (AvgIpc) is 3.20. The fraction of sp³-hybridized carbons (Fsp3) is 0.0870. The third kappa shape index (κ3) is 4.30. The van der Waals surface area contributed by atoms with E-state index in [1.807, 2.05) is 84.4 Å². The number of ether oxygens (including phenoxy) is 1. The summed E-state index contributed by atoms with van der Waals surface area (Å²) in [6.07, 6.45) is 3.69. The Morgan fingerprint density at radius 3 is 2.63 bits per heavy atom. The lowest BCUT2D eigenvalue weighted by atomic mass is 10.1. The lowest BCUT2D eigenvalue weighted by molar-refractivity contribution is 0.413. The summed E-state index contributed by atoms with van der Waals surface area (Å²) in [5, 5.41) is 3.09. The van der Waals surface area contributed by atoms with Crippen LogP contribution in [-0.2, 0) is 0 Å². The van der Waals surface area contributed by atoms with Crippen LogP contribution in [0.5, 0.6) is 5.75 Å². The first-order chi connectivity index (χ1) is 14.6. The van der Waals surface area contributed by atoms with Crippen molar-refractivity contribution >= 4 is 17.5 Å². The molecule has 0 spiro atoms. The van der Waals surface area contributed by atoms with E-state index in [1.165, 1.54) is 0 Å². The number of benzene rings is 2. The molecule has 0 radical (unpaired) electrons. The van der Waals surface area contributed by atoms with E-state index >= 15 is 0 Å². The first-order valence-corrected chi connectivity index (χ1v) is 9.45. The van der Waals surface area contributed by atoms with E-state index in [9.17, 15) is 0 Å². The van der Waals surface area contributed by atoms with Crippen molar-refractivity contribution in [2.45, 2.75) is 6.92 Å². The number of methoxy groups -OCH3 is 1. The Balaban J connectivity index is 1.55. The number of guanidine groups is 1. The highest BCUT2D eigenvalue weighted by molar-refractivity contribution is 5.94. The van der Waals surface area contributed by atoms with Crippen LogP contribution in [0.3, 0.4) is 0 Å². The van der Waals surface area contributed by atoms with Crippen LogP contribution in [0.25, 0.3) is 16.9 Å². The van der Waals surface area contributed by atoms with E-state index in [2.05, 4.69) is 20.3 Å². The van der Waals surface area contributed by atoms with Crippen LogP contribution in [0.4, 0.5) is 11.5 Å².